The van der Waals surface area contributed by atoms with E-state index < -0.39 is 32.5 Å². The first kappa shape index (κ1) is 27.8. The highest BCUT2D eigenvalue weighted by atomic mass is 35.5. The molecule has 13 heteroatoms. The summed E-state index contributed by atoms with van der Waals surface area (Å²) in [6.45, 7) is -0.512. The molecule has 0 aliphatic carbocycles. The van der Waals surface area contributed by atoms with Gasteiger partial charge in [-0.25, -0.2) is 16.8 Å². The van der Waals surface area contributed by atoms with Gasteiger partial charge in [-0.3, -0.25) is 13.8 Å². The Balaban J connectivity index is 1.35. The quantitative estimate of drug-likeness (QED) is 0.278. The molecule has 4 aromatic carbocycles. The van der Waals surface area contributed by atoms with Crippen LogP contribution in [0.2, 0.25) is 10.0 Å². The van der Waals surface area contributed by atoms with Crippen LogP contribution in [0.5, 0.6) is 5.75 Å². The van der Waals surface area contributed by atoms with Crippen LogP contribution in [0, 0.1) is 0 Å². The monoisotopic (exact) mass is 617 g/mol. The van der Waals surface area contributed by atoms with E-state index in [9.17, 15) is 21.6 Å². The molecular weight excluding hydrogens is 597 g/mol. The van der Waals surface area contributed by atoms with E-state index in [1.54, 1.807) is 42.5 Å². The molecule has 0 radical (unpaired) electrons. The fourth-order valence-electron chi connectivity index (χ4n) is 4.29. The number of amides is 1. The van der Waals surface area contributed by atoms with Crippen LogP contribution in [0.1, 0.15) is 0 Å². The molecule has 0 saturated heterocycles. The van der Waals surface area contributed by atoms with Crippen molar-refractivity contribution in [2.45, 2.75) is 9.79 Å². The average molecular weight is 619 g/mol. The predicted octanol–water partition coefficient (Wildman–Crippen LogP) is 5.62. The number of fused-ring (bicyclic) bond motifs is 3. The molecule has 1 amide bonds. The van der Waals surface area contributed by atoms with Crippen LogP contribution in [0.4, 0.5) is 17.1 Å². The second-order valence-corrected chi connectivity index (χ2v) is 13.1. The molecule has 1 heterocycles. The molecule has 2 N–H and O–H groups in total. The van der Waals surface area contributed by atoms with Gasteiger partial charge in [0.1, 0.15) is 12.3 Å². The lowest BCUT2D eigenvalue weighted by Gasteiger charge is -2.31. The highest BCUT2D eigenvalue weighted by Gasteiger charge is 2.36. The first-order chi connectivity index (χ1) is 19.0. The first-order valence-electron chi connectivity index (χ1n) is 11.7. The molecule has 1 aliphatic heterocycles. The SMILES string of the molecule is COc1ccc(Cl)cc1NS(=O)(=O)c1ccc(NC(=O)CN2c3ccc(Cl)cc3-c3ccccc3S2(=O)=O)cc1. The number of hydrogen-bond donors (Lipinski definition) is 2. The van der Waals surface area contributed by atoms with Gasteiger partial charge in [0.2, 0.25) is 5.91 Å². The number of sulfonamides is 2. The minimum absolute atomic E-state index is 0.0657. The van der Waals surface area contributed by atoms with Gasteiger partial charge in [-0.1, -0.05) is 41.4 Å². The number of hydrogen-bond acceptors (Lipinski definition) is 6. The molecule has 0 bridgehead atoms. The van der Waals surface area contributed by atoms with Gasteiger partial charge in [0.25, 0.3) is 20.0 Å². The summed E-state index contributed by atoms with van der Waals surface area (Å²) in [6.07, 6.45) is 0. The van der Waals surface area contributed by atoms with Crippen LogP contribution >= 0.6 is 23.2 Å². The van der Waals surface area contributed by atoms with Crippen molar-refractivity contribution in [1.29, 1.82) is 0 Å². The van der Waals surface area contributed by atoms with Crippen LogP contribution in [-0.4, -0.2) is 36.4 Å². The Morgan fingerprint density at radius 1 is 0.900 bits per heavy atom. The van der Waals surface area contributed by atoms with Crippen molar-refractivity contribution >= 4 is 66.2 Å². The van der Waals surface area contributed by atoms with Crippen molar-refractivity contribution in [2.24, 2.45) is 0 Å². The fourth-order valence-corrected chi connectivity index (χ4v) is 7.34. The number of ether oxygens (including phenoxy) is 1. The average Bonchev–Trinajstić information content (AvgIpc) is 2.91. The van der Waals surface area contributed by atoms with E-state index >= 15 is 0 Å². The molecule has 0 atom stereocenters. The van der Waals surface area contributed by atoms with Gasteiger partial charge in [0.05, 0.1) is 28.3 Å². The lowest BCUT2D eigenvalue weighted by atomic mass is 10.0. The molecule has 1 aliphatic rings. The second-order valence-electron chi connectivity index (χ2n) is 8.69. The minimum atomic E-state index is -4.04. The number of anilines is 3. The van der Waals surface area contributed by atoms with Crippen molar-refractivity contribution < 1.29 is 26.4 Å². The summed E-state index contributed by atoms with van der Waals surface area (Å²) in [5.74, 6) is -0.336. The number of halogens is 2. The summed E-state index contributed by atoms with van der Waals surface area (Å²) in [6, 6.07) is 21.2. The molecule has 206 valence electrons. The van der Waals surface area contributed by atoms with E-state index in [1.807, 2.05) is 0 Å². The number of rotatable bonds is 7. The van der Waals surface area contributed by atoms with Gasteiger partial charge in [-0.2, -0.15) is 0 Å². The van der Waals surface area contributed by atoms with Gasteiger partial charge >= 0.3 is 0 Å². The Labute approximate surface area is 241 Å². The van der Waals surface area contributed by atoms with Crippen LogP contribution in [0.25, 0.3) is 11.1 Å². The molecule has 0 fully saturated rings. The van der Waals surface area contributed by atoms with Crippen molar-refractivity contribution in [3.05, 3.63) is 95.0 Å². The minimum Gasteiger partial charge on any atom is -0.495 e. The first-order valence-corrected chi connectivity index (χ1v) is 15.4. The third-order valence-electron chi connectivity index (χ3n) is 6.11. The predicted molar refractivity (Wildman–Crippen MR) is 155 cm³/mol. The molecule has 0 unspecified atom stereocenters. The topological polar surface area (TPSA) is 122 Å². The molecular formula is C27H21Cl2N3O6S2. The highest BCUT2D eigenvalue weighted by Crippen LogP contribution is 2.43. The molecule has 0 saturated carbocycles. The van der Waals surface area contributed by atoms with Crippen molar-refractivity contribution in [2.75, 3.05) is 28.0 Å². The summed E-state index contributed by atoms with van der Waals surface area (Å²) < 4.78 is 61.3. The number of nitrogens with one attached hydrogen (secondary N) is 2. The number of nitrogens with zero attached hydrogens (tertiary/aromatic N) is 1. The van der Waals surface area contributed by atoms with Crippen molar-refractivity contribution in [1.82, 2.24) is 0 Å². The molecule has 0 aromatic heterocycles. The molecule has 0 spiro atoms. The Morgan fingerprint density at radius 2 is 1.57 bits per heavy atom. The smallest absolute Gasteiger partial charge is 0.265 e. The van der Waals surface area contributed by atoms with Crippen LogP contribution in [-0.2, 0) is 24.8 Å². The number of carbonyl (C=O) groups is 1. The maximum atomic E-state index is 13.4. The maximum absolute atomic E-state index is 13.4. The number of benzene rings is 4. The summed E-state index contributed by atoms with van der Waals surface area (Å²) in [5, 5.41) is 3.37. The standard InChI is InChI=1S/C27H21Cl2N3O6S2/c1-38-25-13-7-18(29)15-23(25)31-39(34,35)20-10-8-19(9-11-20)30-27(33)16-32-24-12-6-17(28)14-22(24)21-4-2-3-5-26(21)40(32,36)37/h2-15,31H,16H2,1H3,(H,30,33). The summed E-state index contributed by atoms with van der Waals surface area (Å²) in [4.78, 5) is 13.0. The number of methoxy groups -OCH3 is 1. The summed E-state index contributed by atoms with van der Waals surface area (Å²) >= 11 is 12.2. The summed E-state index contributed by atoms with van der Waals surface area (Å²) in [7, 11) is -6.65. The van der Waals surface area contributed by atoms with E-state index in [2.05, 4.69) is 10.0 Å². The lowest BCUT2D eigenvalue weighted by Crippen LogP contribution is -2.40. The van der Waals surface area contributed by atoms with Crippen LogP contribution < -0.4 is 19.1 Å². The zero-order valence-corrected chi connectivity index (χ0v) is 23.9. The van der Waals surface area contributed by atoms with Gasteiger partial charge in [0.15, 0.2) is 0 Å². The second kappa shape index (κ2) is 10.7. The van der Waals surface area contributed by atoms with Crippen molar-refractivity contribution in [3.8, 4) is 16.9 Å². The van der Waals surface area contributed by atoms with E-state index in [1.165, 1.54) is 49.6 Å². The fraction of sp³-hybridized carbons (Fsp3) is 0.0741. The van der Waals surface area contributed by atoms with E-state index in [4.69, 9.17) is 27.9 Å². The Morgan fingerprint density at radius 3 is 2.30 bits per heavy atom. The molecule has 5 rings (SSSR count). The Kier molecular flexibility index (Phi) is 7.40. The third-order valence-corrected chi connectivity index (χ3v) is 9.78. The maximum Gasteiger partial charge on any atom is 0.265 e. The largest absolute Gasteiger partial charge is 0.495 e. The third kappa shape index (κ3) is 5.33. The van der Waals surface area contributed by atoms with Gasteiger partial charge in [0, 0.05) is 26.9 Å². The lowest BCUT2D eigenvalue weighted by molar-refractivity contribution is -0.114. The van der Waals surface area contributed by atoms with Crippen molar-refractivity contribution in [3.63, 3.8) is 0 Å². The molecule has 40 heavy (non-hydrogen) atoms. The van der Waals surface area contributed by atoms with Gasteiger partial charge in [-0.05, 0) is 66.7 Å². The Bertz CT molecular complexity index is 1850. The zero-order chi connectivity index (χ0) is 28.7. The van der Waals surface area contributed by atoms with Crippen LogP contribution in [0.15, 0.2) is 94.7 Å². The Hall–Kier alpha value is -3.77. The van der Waals surface area contributed by atoms with Gasteiger partial charge in [-0.15, -0.1) is 0 Å². The summed E-state index contributed by atoms with van der Waals surface area (Å²) in [5.41, 5.74) is 1.84. The van der Waals surface area contributed by atoms with E-state index in [0.717, 1.165) is 4.31 Å². The van der Waals surface area contributed by atoms with E-state index in [-0.39, 0.29) is 26.9 Å². The number of carbonyl (C=O) groups excluding carboxylic acids is 1. The van der Waals surface area contributed by atoms with E-state index in [0.29, 0.717) is 26.9 Å². The van der Waals surface area contributed by atoms with Gasteiger partial charge < -0.3 is 10.1 Å². The van der Waals surface area contributed by atoms with Crippen LogP contribution in [0.3, 0.4) is 0 Å². The zero-order valence-electron chi connectivity index (χ0n) is 20.8. The molecule has 4 aromatic rings. The highest BCUT2D eigenvalue weighted by molar-refractivity contribution is 7.93. The molecule has 9 nitrogen and oxygen atoms in total. The normalized spacial score (nSPS) is 13.6.